The van der Waals surface area contributed by atoms with Crippen molar-refractivity contribution in [2.45, 2.75) is 51.1 Å². The third-order valence-corrected chi connectivity index (χ3v) is 5.24. The molecule has 2 unspecified atom stereocenters. The Kier molecular flexibility index (Phi) is 5.05. The highest BCUT2D eigenvalue weighted by Crippen LogP contribution is 2.30. The SMILES string of the molecule is CCC(C)(C(N)Cc1cccc(F)c1Cl)N1CCCC1. The van der Waals surface area contributed by atoms with Gasteiger partial charge < -0.3 is 5.73 Å². The van der Waals surface area contributed by atoms with Crippen LogP contribution < -0.4 is 5.73 Å². The summed E-state index contributed by atoms with van der Waals surface area (Å²) < 4.78 is 13.5. The highest BCUT2D eigenvalue weighted by atomic mass is 35.5. The number of hydrogen-bond acceptors (Lipinski definition) is 2. The Labute approximate surface area is 126 Å². The molecule has 0 amide bonds. The number of rotatable bonds is 5. The van der Waals surface area contributed by atoms with E-state index >= 15 is 0 Å². The van der Waals surface area contributed by atoms with E-state index in [4.69, 9.17) is 17.3 Å². The summed E-state index contributed by atoms with van der Waals surface area (Å²) in [6, 6.07) is 4.90. The molecule has 0 radical (unpaired) electrons. The van der Waals surface area contributed by atoms with Gasteiger partial charge in [0, 0.05) is 11.6 Å². The quantitative estimate of drug-likeness (QED) is 0.900. The van der Waals surface area contributed by atoms with E-state index in [2.05, 4.69) is 18.7 Å². The molecule has 4 heteroatoms. The van der Waals surface area contributed by atoms with Crippen LogP contribution in [0.1, 0.15) is 38.7 Å². The topological polar surface area (TPSA) is 29.3 Å². The molecular formula is C16H24ClFN2. The average Bonchev–Trinajstić information content (AvgIpc) is 2.97. The molecule has 1 aromatic carbocycles. The van der Waals surface area contributed by atoms with Crippen molar-refractivity contribution in [3.8, 4) is 0 Å². The monoisotopic (exact) mass is 298 g/mol. The van der Waals surface area contributed by atoms with Gasteiger partial charge in [-0.15, -0.1) is 0 Å². The van der Waals surface area contributed by atoms with Gasteiger partial charge in [-0.2, -0.15) is 0 Å². The fourth-order valence-corrected chi connectivity index (χ4v) is 3.31. The van der Waals surface area contributed by atoms with E-state index < -0.39 is 0 Å². The predicted molar refractivity (Wildman–Crippen MR) is 82.6 cm³/mol. The van der Waals surface area contributed by atoms with Crippen molar-refractivity contribution < 1.29 is 4.39 Å². The van der Waals surface area contributed by atoms with Crippen LogP contribution in [0.4, 0.5) is 4.39 Å². The normalized spacial score (nSPS) is 20.9. The first-order valence-corrected chi connectivity index (χ1v) is 7.80. The van der Waals surface area contributed by atoms with Gasteiger partial charge in [0.15, 0.2) is 0 Å². The van der Waals surface area contributed by atoms with Crippen molar-refractivity contribution in [2.24, 2.45) is 5.73 Å². The van der Waals surface area contributed by atoms with Crippen LogP contribution in [-0.4, -0.2) is 29.6 Å². The highest BCUT2D eigenvalue weighted by Gasteiger charge is 2.37. The molecule has 112 valence electrons. The summed E-state index contributed by atoms with van der Waals surface area (Å²) in [6.45, 7) is 6.60. The molecule has 0 aliphatic carbocycles. The molecule has 0 bridgehead atoms. The van der Waals surface area contributed by atoms with Crippen LogP contribution in [-0.2, 0) is 6.42 Å². The Morgan fingerprint density at radius 2 is 2.05 bits per heavy atom. The molecule has 20 heavy (non-hydrogen) atoms. The molecule has 2 nitrogen and oxygen atoms in total. The molecule has 1 heterocycles. The van der Waals surface area contributed by atoms with Crippen molar-refractivity contribution in [2.75, 3.05) is 13.1 Å². The lowest BCUT2D eigenvalue weighted by atomic mass is 9.84. The maximum atomic E-state index is 13.5. The third-order valence-electron chi connectivity index (χ3n) is 4.81. The standard InChI is InChI=1S/C16H24ClFN2/c1-3-16(2,20-9-4-5-10-20)14(19)11-12-7-6-8-13(18)15(12)17/h6-8,14H,3-5,9-11,19H2,1-2H3. The average molecular weight is 299 g/mol. The van der Waals surface area contributed by atoms with Crippen molar-refractivity contribution in [3.63, 3.8) is 0 Å². The van der Waals surface area contributed by atoms with E-state index in [9.17, 15) is 4.39 Å². The van der Waals surface area contributed by atoms with Gasteiger partial charge in [-0.25, -0.2) is 4.39 Å². The smallest absolute Gasteiger partial charge is 0.142 e. The van der Waals surface area contributed by atoms with Crippen LogP contribution in [0.15, 0.2) is 18.2 Å². The van der Waals surface area contributed by atoms with Gasteiger partial charge in [-0.05, 0) is 57.3 Å². The maximum absolute atomic E-state index is 13.5. The van der Waals surface area contributed by atoms with E-state index in [0.29, 0.717) is 6.42 Å². The van der Waals surface area contributed by atoms with E-state index in [-0.39, 0.29) is 22.4 Å². The molecular weight excluding hydrogens is 275 g/mol. The number of nitrogens with zero attached hydrogens (tertiary/aromatic N) is 1. The zero-order chi connectivity index (χ0) is 14.8. The fourth-order valence-electron chi connectivity index (χ4n) is 3.11. The highest BCUT2D eigenvalue weighted by molar-refractivity contribution is 6.31. The first kappa shape index (κ1) is 15.7. The maximum Gasteiger partial charge on any atom is 0.142 e. The van der Waals surface area contributed by atoms with E-state index in [1.807, 2.05) is 6.07 Å². The molecule has 1 aliphatic heterocycles. The largest absolute Gasteiger partial charge is 0.326 e. The molecule has 0 aromatic heterocycles. The zero-order valence-corrected chi connectivity index (χ0v) is 13.1. The Morgan fingerprint density at radius 3 is 2.65 bits per heavy atom. The van der Waals surface area contributed by atoms with Gasteiger partial charge in [0.05, 0.1) is 5.02 Å². The summed E-state index contributed by atoms with van der Waals surface area (Å²) in [7, 11) is 0. The zero-order valence-electron chi connectivity index (χ0n) is 12.3. The van der Waals surface area contributed by atoms with Gasteiger partial charge in [0.25, 0.3) is 0 Å². The summed E-state index contributed by atoms with van der Waals surface area (Å²) in [5, 5.41) is 0.211. The lowest BCUT2D eigenvalue weighted by Gasteiger charge is -2.43. The van der Waals surface area contributed by atoms with E-state index in [1.165, 1.54) is 18.9 Å². The number of benzene rings is 1. The van der Waals surface area contributed by atoms with Crippen molar-refractivity contribution in [1.82, 2.24) is 4.90 Å². The molecule has 1 aliphatic rings. The summed E-state index contributed by atoms with van der Waals surface area (Å²) in [5.41, 5.74) is 7.23. The Balaban J connectivity index is 2.16. The van der Waals surface area contributed by atoms with Gasteiger partial charge >= 0.3 is 0 Å². The summed E-state index contributed by atoms with van der Waals surface area (Å²) in [4.78, 5) is 2.48. The van der Waals surface area contributed by atoms with Crippen molar-refractivity contribution in [1.29, 1.82) is 0 Å². The van der Waals surface area contributed by atoms with Crippen LogP contribution in [0.5, 0.6) is 0 Å². The minimum atomic E-state index is -0.365. The van der Waals surface area contributed by atoms with Crippen molar-refractivity contribution >= 4 is 11.6 Å². The first-order chi connectivity index (χ1) is 9.49. The summed E-state index contributed by atoms with van der Waals surface area (Å²) >= 11 is 6.05. The van der Waals surface area contributed by atoms with Crippen LogP contribution in [0, 0.1) is 5.82 Å². The van der Waals surface area contributed by atoms with Crippen LogP contribution in [0.2, 0.25) is 5.02 Å². The minimum absolute atomic E-state index is 0.0495. The number of likely N-dealkylation sites (tertiary alicyclic amines) is 1. The van der Waals surface area contributed by atoms with Crippen LogP contribution in [0.3, 0.4) is 0 Å². The van der Waals surface area contributed by atoms with Gasteiger partial charge in [-0.1, -0.05) is 30.7 Å². The summed E-state index contributed by atoms with van der Waals surface area (Å²) in [6.07, 6.45) is 4.07. The Hall–Kier alpha value is -0.640. The molecule has 1 saturated heterocycles. The predicted octanol–water partition coefficient (Wildman–Crippen LogP) is 3.61. The second-order valence-corrected chi connectivity index (χ2v) is 6.31. The molecule has 2 N–H and O–H groups in total. The lowest BCUT2D eigenvalue weighted by Crippen LogP contribution is -2.57. The van der Waals surface area contributed by atoms with Gasteiger partial charge in [0.2, 0.25) is 0 Å². The summed E-state index contributed by atoms with van der Waals surface area (Å²) in [5.74, 6) is -0.365. The van der Waals surface area contributed by atoms with Gasteiger partial charge in [0.1, 0.15) is 5.82 Å². The Morgan fingerprint density at radius 1 is 1.40 bits per heavy atom. The van der Waals surface area contributed by atoms with Crippen LogP contribution in [0.25, 0.3) is 0 Å². The number of hydrogen-bond donors (Lipinski definition) is 1. The number of halogens is 2. The second-order valence-electron chi connectivity index (χ2n) is 5.93. The van der Waals surface area contributed by atoms with E-state index in [1.54, 1.807) is 6.07 Å². The lowest BCUT2D eigenvalue weighted by molar-refractivity contribution is 0.0998. The second kappa shape index (κ2) is 6.42. The molecule has 1 fully saturated rings. The third kappa shape index (κ3) is 3.00. The number of nitrogens with two attached hydrogens (primary N) is 1. The van der Waals surface area contributed by atoms with Crippen molar-refractivity contribution in [3.05, 3.63) is 34.6 Å². The molecule has 0 spiro atoms. The molecule has 1 aromatic rings. The first-order valence-electron chi connectivity index (χ1n) is 7.42. The molecule has 0 saturated carbocycles. The van der Waals surface area contributed by atoms with E-state index in [0.717, 1.165) is 25.1 Å². The molecule has 2 atom stereocenters. The fraction of sp³-hybridized carbons (Fsp3) is 0.625. The minimum Gasteiger partial charge on any atom is -0.326 e. The Bertz CT molecular complexity index is 460. The molecule has 2 rings (SSSR count). The van der Waals surface area contributed by atoms with Crippen LogP contribution >= 0.6 is 11.6 Å². The van der Waals surface area contributed by atoms with Gasteiger partial charge in [-0.3, -0.25) is 4.90 Å².